The van der Waals surface area contributed by atoms with Crippen LogP contribution in [0.15, 0.2) is 18.3 Å². The van der Waals surface area contributed by atoms with E-state index in [1.807, 2.05) is 7.05 Å². The molecule has 2 aliphatic rings. The van der Waals surface area contributed by atoms with Crippen LogP contribution in [0.2, 0.25) is 0 Å². The molecule has 0 bridgehead atoms. The number of carbonyl (C=O) groups excluding carboxylic acids is 3. The molecule has 1 saturated carbocycles. The number of thiocarbonyl (C=S) groups is 1. The highest BCUT2D eigenvalue weighted by Gasteiger charge is 2.37. The van der Waals surface area contributed by atoms with E-state index in [1.165, 1.54) is 23.5 Å². The first-order valence-corrected chi connectivity index (χ1v) is 13.3. The van der Waals surface area contributed by atoms with E-state index in [-0.39, 0.29) is 34.6 Å². The van der Waals surface area contributed by atoms with Crippen molar-refractivity contribution in [2.45, 2.75) is 44.3 Å². The summed E-state index contributed by atoms with van der Waals surface area (Å²) in [5.41, 5.74) is 0.958. The highest BCUT2D eigenvalue weighted by Crippen LogP contribution is 2.28. The Bertz CT molecular complexity index is 1190. The number of rotatable bonds is 5. The molecule has 3 N–H and O–H groups in total. The summed E-state index contributed by atoms with van der Waals surface area (Å²) in [7, 11) is 5.45. The quantitative estimate of drug-likeness (QED) is 0.483. The topological polar surface area (TPSA) is 120 Å². The van der Waals surface area contributed by atoms with Crippen LogP contribution < -0.4 is 16.0 Å². The Balaban J connectivity index is 1.45. The molecular formula is C24H30FN7O3S2. The fraction of sp³-hybridized carbons (Fsp3) is 0.500. The van der Waals surface area contributed by atoms with Gasteiger partial charge in [0.15, 0.2) is 10.00 Å². The zero-order chi connectivity index (χ0) is 26.7. The molecule has 1 fully saturated rings. The summed E-state index contributed by atoms with van der Waals surface area (Å²) in [6.45, 7) is 1.66. The number of halogens is 1. The summed E-state index contributed by atoms with van der Waals surface area (Å²) in [6.07, 6.45) is 3.31. The van der Waals surface area contributed by atoms with Crippen LogP contribution in [0, 0.1) is 11.7 Å². The Morgan fingerprint density at radius 3 is 2.68 bits per heavy atom. The lowest BCUT2D eigenvalue weighted by Gasteiger charge is -2.37. The number of pyridine rings is 1. The molecule has 3 atom stereocenters. The number of amides is 3. The molecule has 1 aliphatic heterocycles. The molecule has 0 saturated heterocycles. The molecule has 198 valence electrons. The standard InChI is InChI=1S/C24H30FN7O3S2/c1-31(2)24(35)13-4-6-15(28-22(36)20(33)30-19-7-5-14(25)11-26-19)17(10-13)27-21(34)23-29-16-8-9-32(3)12-18(16)37-23/h5,7,11,13,15,17H,4,6,8-10,12H2,1-3H3,(H,27,34)(H,28,36)(H,26,30,33)/t13-,15-,17+/m0/s1. The Hall–Kier alpha value is -3.03. The minimum absolute atomic E-state index is 0.00634. The van der Waals surface area contributed by atoms with Gasteiger partial charge in [-0.2, -0.15) is 0 Å². The van der Waals surface area contributed by atoms with E-state index in [2.05, 4.69) is 30.8 Å². The van der Waals surface area contributed by atoms with Crippen molar-refractivity contribution in [3.63, 3.8) is 0 Å². The maximum Gasteiger partial charge on any atom is 0.284 e. The van der Waals surface area contributed by atoms with Gasteiger partial charge in [0.25, 0.3) is 11.8 Å². The van der Waals surface area contributed by atoms with Gasteiger partial charge in [-0.15, -0.1) is 11.3 Å². The molecule has 0 spiro atoms. The van der Waals surface area contributed by atoms with Crippen molar-refractivity contribution in [3.05, 3.63) is 39.7 Å². The van der Waals surface area contributed by atoms with Crippen LogP contribution in [0.3, 0.4) is 0 Å². The van der Waals surface area contributed by atoms with Crippen molar-refractivity contribution in [2.75, 3.05) is 33.0 Å². The fourth-order valence-electron chi connectivity index (χ4n) is 4.60. The first-order chi connectivity index (χ1) is 17.6. The number of fused-ring (bicyclic) bond motifs is 1. The molecule has 0 aromatic carbocycles. The third-order valence-corrected chi connectivity index (χ3v) is 7.95. The molecule has 37 heavy (non-hydrogen) atoms. The Labute approximate surface area is 224 Å². The van der Waals surface area contributed by atoms with E-state index >= 15 is 0 Å². The highest BCUT2D eigenvalue weighted by molar-refractivity contribution is 7.82. The predicted molar refractivity (Wildman–Crippen MR) is 142 cm³/mol. The van der Waals surface area contributed by atoms with Crippen molar-refractivity contribution in [3.8, 4) is 0 Å². The van der Waals surface area contributed by atoms with Crippen LogP contribution >= 0.6 is 23.6 Å². The van der Waals surface area contributed by atoms with E-state index < -0.39 is 17.8 Å². The number of thiazole rings is 1. The van der Waals surface area contributed by atoms with Gasteiger partial charge in [-0.1, -0.05) is 12.2 Å². The molecule has 13 heteroatoms. The van der Waals surface area contributed by atoms with Crippen LogP contribution in [0.1, 0.15) is 39.6 Å². The van der Waals surface area contributed by atoms with Gasteiger partial charge < -0.3 is 25.8 Å². The van der Waals surface area contributed by atoms with Gasteiger partial charge in [0.1, 0.15) is 11.6 Å². The van der Waals surface area contributed by atoms with E-state index in [0.717, 1.165) is 36.3 Å². The minimum Gasteiger partial charge on any atom is -0.367 e. The van der Waals surface area contributed by atoms with Crippen molar-refractivity contribution in [1.29, 1.82) is 0 Å². The second-order valence-corrected chi connectivity index (χ2v) is 11.1. The van der Waals surface area contributed by atoms with Crippen LogP contribution in [0.4, 0.5) is 10.2 Å². The number of aromatic nitrogens is 2. The molecule has 2 aromatic heterocycles. The molecule has 3 amide bonds. The first kappa shape index (κ1) is 27.0. The van der Waals surface area contributed by atoms with Gasteiger partial charge in [-0.3, -0.25) is 14.4 Å². The predicted octanol–water partition coefficient (Wildman–Crippen LogP) is 1.58. The Morgan fingerprint density at radius 2 is 1.97 bits per heavy atom. The molecule has 3 heterocycles. The lowest BCUT2D eigenvalue weighted by molar-refractivity contribution is -0.134. The summed E-state index contributed by atoms with van der Waals surface area (Å²) in [5, 5.41) is 9.03. The first-order valence-electron chi connectivity index (χ1n) is 12.0. The number of nitrogens with one attached hydrogen (secondary N) is 3. The zero-order valence-electron chi connectivity index (χ0n) is 20.9. The lowest BCUT2D eigenvalue weighted by atomic mass is 9.81. The monoisotopic (exact) mass is 547 g/mol. The SMILES string of the molecule is CN1CCc2nc(C(=O)N[C@@H]3C[C@@H](C(=O)N(C)C)CC[C@@H]3NC(=S)C(=O)Nc3ccc(F)cn3)sc2C1. The van der Waals surface area contributed by atoms with Gasteiger partial charge in [0.2, 0.25) is 5.91 Å². The summed E-state index contributed by atoms with van der Waals surface area (Å²) in [4.78, 5) is 51.6. The van der Waals surface area contributed by atoms with E-state index in [9.17, 15) is 18.8 Å². The number of hydrogen-bond acceptors (Lipinski definition) is 8. The van der Waals surface area contributed by atoms with Gasteiger partial charge in [-0.05, 0) is 38.4 Å². The summed E-state index contributed by atoms with van der Waals surface area (Å²) in [5.74, 6) is -1.52. The third kappa shape index (κ3) is 6.65. The largest absolute Gasteiger partial charge is 0.367 e. The average molecular weight is 548 g/mol. The van der Waals surface area contributed by atoms with Crippen molar-refractivity contribution in [1.82, 2.24) is 30.4 Å². The summed E-state index contributed by atoms with van der Waals surface area (Å²) < 4.78 is 13.1. The number of anilines is 1. The van der Waals surface area contributed by atoms with Crippen LogP contribution in [-0.2, 0) is 22.6 Å². The van der Waals surface area contributed by atoms with Gasteiger partial charge in [0.05, 0.1) is 17.9 Å². The lowest BCUT2D eigenvalue weighted by Crippen LogP contribution is -2.56. The average Bonchev–Trinajstić information content (AvgIpc) is 3.29. The molecule has 4 rings (SSSR count). The van der Waals surface area contributed by atoms with Crippen LogP contribution in [0.5, 0.6) is 0 Å². The van der Waals surface area contributed by atoms with Gasteiger partial charge in [0, 0.05) is 50.4 Å². The maximum absolute atomic E-state index is 13.2. The highest BCUT2D eigenvalue weighted by atomic mass is 32.1. The third-order valence-electron chi connectivity index (χ3n) is 6.56. The van der Waals surface area contributed by atoms with Crippen molar-refractivity contribution < 1.29 is 18.8 Å². The van der Waals surface area contributed by atoms with Crippen molar-refractivity contribution >= 4 is 52.1 Å². The fourth-order valence-corrected chi connectivity index (χ4v) is 5.89. The number of carbonyl (C=O) groups is 3. The van der Waals surface area contributed by atoms with Crippen LogP contribution in [0.25, 0.3) is 0 Å². The maximum atomic E-state index is 13.2. The molecule has 2 aromatic rings. The Kier molecular flexibility index (Phi) is 8.45. The van der Waals surface area contributed by atoms with Crippen LogP contribution in [-0.4, -0.2) is 82.2 Å². The number of nitrogens with zero attached hydrogens (tertiary/aromatic N) is 4. The second-order valence-electron chi connectivity index (χ2n) is 9.60. The molecular weight excluding hydrogens is 517 g/mol. The van der Waals surface area contributed by atoms with E-state index in [4.69, 9.17) is 12.2 Å². The van der Waals surface area contributed by atoms with E-state index in [0.29, 0.717) is 24.3 Å². The van der Waals surface area contributed by atoms with E-state index in [1.54, 1.807) is 19.0 Å². The molecule has 1 aliphatic carbocycles. The van der Waals surface area contributed by atoms with Gasteiger partial charge in [-0.25, -0.2) is 14.4 Å². The Morgan fingerprint density at radius 1 is 1.19 bits per heavy atom. The summed E-state index contributed by atoms with van der Waals surface area (Å²) in [6, 6.07) is 1.70. The normalized spacial score (nSPS) is 21.5. The summed E-state index contributed by atoms with van der Waals surface area (Å²) >= 11 is 6.69. The number of hydrogen-bond donors (Lipinski definition) is 3. The molecule has 0 radical (unpaired) electrons. The molecule has 10 nitrogen and oxygen atoms in total. The minimum atomic E-state index is -0.595. The van der Waals surface area contributed by atoms with Gasteiger partial charge >= 0.3 is 0 Å². The molecule has 0 unspecified atom stereocenters. The van der Waals surface area contributed by atoms with Crippen molar-refractivity contribution in [2.24, 2.45) is 5.92 Å². The second kappa shape index (κ2) is 11.6. The zero-order valence-corrected chi connectivity index (χ0v) is 22.5. The number of likely N-dealkylation sites (N-methyl/N-ethyl adjacent to an activating group) is 1. The smallest absolute Gasteiger partial charge is 0.284 e.